The van der Waals surface area contributed by atoms with Gasteiger partial charge in [-0.15, -0.1) is 0 Å². The summed E-state index contributed by atoms with van der Waals surface area (Å²) in [5.74, 6) is 1.17. The molecule has 0 amide bonds. The summed E-state index contributed by atoms with van der Waals surface area (Å²) in [5, 5.41) is 16.8. The molecule has 0 saturated heterocycles. The standard InChI is InChI=1S/C9H16N4O/c1-4-12(5-2)9-6-8(10)13(14)7(3)11-9/h6,10,14H,4-5H2,1-3H3. The molecule has 0 aromatic carbocycles. The maximum Gasteiger partial charge on any atom is 0.166 e. The summed E-state index contributed by atoms with van der Waals surface area (Å²) in [6, 6.07) is 1.56. The summed E-state index contributed by atoms with van der Waals surface area (Å²) in [4.78, 5) is 6.23. The molecule has 1 aromatic heterocycles. The molecule has 14 heavy (non-hydrogen) atoms. The van der Waals surface area contributed by atoms with Gasteiger partial charge in [0, 0.05) is 19.2 Å². The summed E-state index contributed by atoms with van der Waals surface area (Å²) in [7, 11) is 0. The smallest absolute Gasteiger partial charge is 0.166 e. The molecule has 0 aliphatic heterocycles. The molecule has 0 fully saturated rings. The average molecular weight is 196 g/mol. The first-order valence-electron chi connectivity index (χ1n) is 4.69. The third-order valence-electron chi connectivity index (χ3n) is 2.16. The fourth-order valence-electron chi connectivity index (χ4n) is 1.31. The maximum atomic E-state index is 9.31. The number of hydrogen-bond acceptors (Lipinski definition) is 4. The topological polar surface area (TPSA) is 65.1 Å². The Morgan fingerprint density at radius 3 is 2.50 bits per heavy atom. The van der Waals surface area contributed by atoms with Crippen molar-refractivity contribution in [1.82, 2.24) is 9.71 Å². The molecule has 0 bridgehead atoms. The van der Waals surface area contributed by atoms with Gasteiger partial charge in [-0.2, -0.15) is 4.73 Å². The number of rotatable bonds is 3. The molecule has 1 aromatic rings. The number of nitrogens with one attached hydrogen (secondary N) is 1. The number of aryl methyl sites for hydroxylation is 1. The Kier molecular flexibility index (Phi) is 3.11. The Labute approximate surface area is 83.1 Å². The van der Waals surface area contributed by atoms with Gasteiger partial charge >= 0.3 is 0 Å². The average Bonchev–Trinajstić information content (AvgIpc) is 2.16. The Morgan fingerprint density at radius 1 is 1.50 bits per heavy atom. The third-order valence-corrected chi connectivity index (χ3v) is 2.16. The number of anilines is 1. The van der Waals surface area contributed by atoms with Gasteiger partial charge in [-0.05, 0) is 20.8 Å². The molecule has 0 atom stereocenters. The lowest BCUT2D eigenvalue weighted by molar-refractivity contribution is 0.159. The van der Waals surface area contributed by atoms with Crippen molar-refractivity contribution < 1.29 is 5.21 Å². The Bertz CT molecular complexity index is 368. The van der Waals surface area contributed by atoms with E-state index in [9.17, 15) is 5.21 Å². The van der Waals surface area contributed by atoms with E-state index in [1.807, 2.05) is 18.7 Å². The second-order valence-corrected chi connectivity index (χ2v) is 3.03. The van der Waals surface area contributed by atoms with Crippen molar-refractivity contribution in [3.05, 3.63) is 17.4 Å². The molecular weight excluding hydrogens is 180 g/mol. The van der Waals surface area contributed by atoms with E-state index in [2.05, 4.69) is 4.98 Å². The predicted molar refractivity (Wildman–Crippen MR) is 53.6 cm³/mol. The third kappa shape index (κ3) is 1.86. The molecule has 0 unspecified atom stereocenters. The number of aromatic nitrogens is 2. The highest BCUT2D eigenvalue weighted by molar-refractivity contribution is 5.36. The summed E-state index contributed by atoms with van der Waals surface area (Å²) in [6.45, 7) is 7.43. The minimum Gasteiger partial charge on any atom is -0.425 e. The van der Waals surface area contributed by atoms with Crippen LogP contribution in [0, 0.1) is 12.3 Å². The zero-order valence-electron chi connectivity index (χ0n) is 8.78. The Balaban J connectivity index is 3.18. The summed E-state index contributed by atoms with van der Waals surface area (Å²) in [6.07, 6.45) is 0. The first-order valence-corrected chi connectivity index (χ1v) is 4.69. The predicted octanol–water partition coefficient (Wildman–Crippen LogP) is 0.754. The fraction of sp³-hybridized carbons (Fsp3) is 0.556. The van der Waals surface area contributed by atoms with E-state index >= 15 is 0 Å². The van der Waals surface area contributed by atoms with E-state index in [1.165, 1.54) is 0 Å². The molecule has 0 radical (unpaired) electrons. The molecule has 78 valence electrons. The van der Waals surface area contributed by atoms with Crippen LogP contribution in [0.5, 0.6) is 0 Å². The van der Waals surface area contributed by atoms with Crippen LogP contribution in [0.4, 0.5) is 5.82 Å². The van der Waals surface area contributed by atoms with Gasteiger partial charge in [-0.1, -0.05) is 0 Å². The van der Waals surface area contributed by atoms with Gasteiger partial charge in [-0.25, -0.2) is 4.98 Å². The van der Waals surface area contributed by atoms with Gasteiger partial charge in [0.05, 0.1) is 0 Å². The first kappa shape index (κ1) is 10.6. The van der Waals surface area contributed by atoms with Gasteiger partial charge in [0.1, 0.15) is 11.6 Å². The summed E-state index contributed by atoms with van der Waals surface area (Å²) >= 11 is 0. The fourth-order valence-corrected chi connectivity index (χ4v) is 1.31. The lowest BCUT2D eigenvalue weighted by Gasteiger charge is -2.20. The van der Waals surface area contributed by atoms with Crippen LogP contribution in [-0.2, 0) is 0 Å². The Hall–Kier alpha value is -1.52. The van der Waals surface area contributed by atoms with Gasteiger partial charge in [0.2, 0.25) is 0 Å². The molecule has 1 rings (SSSR count). The molecule has 0 aliphatic carbocycles. The highest BCUT2D eigenvalue weighted by Gasteiger charge is 2.06. The zero-order valence-corrected chi connectivity index (χ0v) is 8.78. The van der Waals surface area contributed by atoms with Gasteiger partial charge in [0.25, 0.3) is 0 Å². The van der Waals surface area contributed by atoms with Crippen LogP contribution in [0.15, 0.2) is 6.07 Å². The van der Waals surface area contributed by atoms with Crippen molar-refractivity contribution in [3.63, 3.8) is 0 Å². The second-order valence-electron chi connectivity index (χ2n) is 3.03. The molecule has 0 aliphatic rings. The van der Waals surface area contributed by atoms with E-state index in [4.69, 9.17) is 5.41 Å². The van der Waals surface area contributed by atoms with Crippen molar-refractivity contribution in [1.29, 1.82) is 5.41 Å². The largest absolute Gasteiger partial charge is 0.425 e. The molecule has 0 spiro atoms. The van der Waals surface area contributed by atoms with Gasteiger partial charge in [0.15, 0.2) is 5.49 Å². The lowest BCUT2D eigenvalue weighted by atomic mass is 10.4. The quantitative estimate of drug-likeness (QED) is 0.701. The second kappa shape index (κ2) is 4.13. The van der Waals surface area contributed by atoms with Crippen LogP contribution in [-0.4, -0.2) is 28.0 Å². The lowest BCUT2D eigenvalue weighted by Crippen LogP contribution is -2.28. The summed E-state index contributed by atoms with van der Waals surface area (Å²) in [5.41, 5.74) is 0.0550. The van der Waals surface area contributed by atoms with Crippen LogP contribution in [0.25, 0.3) is 0 Å². The van der Waals surface area contributed by atoms with Gasteiger partial charge < -0.3 is 10.1 Å². The molecule has 0 saturated carbocycles. The minimum atomic E-state index is 0.0550. The first-order chi connectivity index (χ1) is 6.60. The highest BCUT2D eigenvalue weighted by atomic mass is 16.5. The maximum absolute atomic E-state index is 9.31. The summed E-state index contributed by atoms with van der Waals surface area (Å²) < 4.78 is 0.771. The number of nitrogens with zero attached hydrogens (tertiary/aromatic N) is 3. The molecule has 5 nitrogen and oxygen atoms in total. The normalized spacial score (nSPS) is 10.2. The van der Waals surface area contributed by atoms with E-state index < -0.39 is 0 Å². The van der Waals surface area contributed by atoms with Gasteiger partial charge in [-0.3, -0.25) is 5.41 Å². The monoisotopic (exact) mass is 196 g/mol. The van der Waals surface area contributed by atoms with E-state index in [0.717, 1.165) is 23.6 Å². The number of hydrogen-bond donors (Lipinski definition) is 2. The van der Waals surface area contributed by atoms with Crippen molar-refractivity contribution in [3.8, 4) is 0 Å². The van der Waals surface area contributed by atoms with E-state index in [-0.39, 0.29) is 5.49 Å². The van der Waals surface area contributed by atoms with Crippen LogP contribution < -0.4 is 10.4 Å². The molecule has 1 heterocycles. The van der Waals surface area contributed by atoms with Crippen LogP contribution in [0.2, 0.25) is 0 Å². The van der Waals surface area contributed by atoms with Crippen molar-refractivity contribution in [2.45, 2.75) is 20.8 Å². The van der Waals surface area contributed by atoms with E-state index in [0.29, 0.717) is 5.82 Å². The molecule has 2 N–H and O–H groups in total. The van der Waals surface area contributed by atoms with Crippen LogP contribution >= 0.6 is 0 Å². The minimum absolute atomic E-state index is 0.0550. The Morgan fingerprint density at radius 2 is 2.07 bits per heavy atom. The van der Waals surface area contributed by atoms with Crippen LogP contribution in [0.3, 0.4) is 0 Å². The van der Waals surface area contributed by atoms with Crippen LogP contribution in [0.1, 0.15) is 19.7 Å². The molecule has 5 heteroatoms. The van der Waals surface area contributed by atoms with E-state index in [1.54, 1.807) is 13.0 Å². The van der Waals surface area contributed by atoms with Crippen molar-refractivity contribution >= 4 is 5.82 Å². The van der Waals surface area contributed by atoms with Crippen molar-refractivity contribution in [2.24, 2.45) is 0 Å². The van der Waals surface area contributed by atoms with Crippen molar-refractivity contribution in [2.75, 3.05) is 18.0 Å². The highest BCUT2D eigenvalue weighted by Crippen LogP contribution is 2.06. The molecular formula is C9H16N4O. The SMILES string of the molecule is CCN(CC)c1cc(=N)n(O)c(C)n1. The zero-order chi connectivity index (χ0) is 10.7.